The molecule has 2 bridgehead atoms. The minimum Gasteiger partial charge on any atom is -0.497 e. The van der Waals surface area contributed by atoms with E-state index in [0.717, 1.165) is 25.9 Å². The first-order valence-corrected chi connectivity index (χ1v) is 13.3. The largest absolute Gasteiger partial charge is 0.497 e. The van der Waals surface area contributed by atoms with Crippen molar-refractivity contribution in [3.05, 3.63) is 29.8 Å². The van der Waals surface area contributed by atoms with Crippen LogP contribution in [0.5, 0.6) is 11.5 Å². The molecule has 2 amide bonds. The number of nitrogens with zero attached hydrogens (tertiary/aromatic N) is 3. The summed E-state index contributed by atoms with van der Waals surface area (Å²) in [5, 5.41) is 0. The molecule has 188 valence electrons. The van der Waals surface area contributed by atoms with Gasteiger partial charge in [-0.25, -0.2) is 0 Å². The normalized spacial score (nSPS) is 32.6. The van der Waals surface area contributed by atoms with Crippen molar-refractivity contribution >= 4 is 17.5 Å². The Morgan fingerprint density at radius 1 is 1.06 bits per heavy atom. The van der Waals surface area contributed by atoms with Gasteiger partial charge in [-0.3, -0.25) is 14.5 Å². The van der Waals surface area contributed by atoms with Gasteiger partial charge in [0.15, 0.2) is 0 Å². The Bertz CT molecular complexity index is 1040. The molecule has 35 heavy (non-hydrogen) atoms. The Morgan fingerprint density at radius 3 is 2.77 bits per heavy atom. The first-order chi connectivity index (χ1) is 17.1. The van der Waals surface area contributed by atoms with Crippen LogP contribution in [0.1, 0.15) is 44.9 Å². The molecule has 7 nitrogen and oxygen atoms in total. The number of hydrogen-bond donors (Lipinski definition) is 0. The van der Waals surface area contributed by atoms with Crippen molar-refractivity contribution in [1.82, 2.24) is 9.80 Å². The SMILES string of the molecule is COc1ccc(N2CC(C(=O)N3CCCC4=C[C@H]5C[C@@H](CN6CCCC[C@H]56)[C@@H]43)CC2=O)c(OC)c1. The summed E-state index contributed by atoms with van der Waals surface area (Å²) in [6.07, 6.45) is 10.1. The lowest BCUT2D eigenvalue weighted by atomic mass is 9.68. The number of likely N-dealkylation sites (tertiary alicyclic amines) is 1. The molecule has 5 aliphatic rings. The van der Waals surface area contributed by atoms with E-state index in [0.29, 0.717) is 41.6 Å². The number of benzene rings is 1. The maximum atomic E-state index is 13.9. The molecule has 0 N–H and O–H groups in total. The number of methoxy groups -OCH3 is 2. The van der Waals surface area contributed by atoms with Gasteiger partial charge in [-0.05, 0) is 62.6 Å². The Hall–Kier alpha value is -2.54. The number of hydrogen-bond acceptors (Lipinski definition) is 5. The van der Waals surface area contributed by atoms with Gasteiger partial charge in [0.25, 0.3) is 0 Å². The Kier molecular flexibility index (Phi) is 5.99. The number of carbonyl (C=O) groups excluding carboxylic acids is 2. The molecule has 1 unspecified atom stereocenters. The van der Waals surface area contributed by atoms with Crippen LogP contribution < -0.4 is 14.4 Å². The molecule has 0 saturated carbocycles. The first kappa shape index (κ1) is 22.9. The summed E-state index contributed by atoms with van der Waals surface area (Å²) >= 11 is 0. The van der Waals surface area contributed by atoms with E-state index < -0.39 is 0 Å². The molecule has 4 saturated heterocycles. The minimum atomic E-state index is -0.308. The third kappa shape index (κ3) is 3.92. The quantitative estimate of drug-likeness (QED) is 0.619. The monoisotopic (exact) mass is 479 g/mol. The van der Waals surface area contributed by atoms with Gasteiger partial charge in [0.1, 0.15) is 11.5 Å². The highest BCUT2D eigenvalue weighted by Gasteiger charge is 2.48. The molecule has 0 spiro atoms. The highest BCUT2D eigenvalue weighted by atomic mass is 16.5. The van der Waals surface area contributed by atoms with Crippen LogP contribution in [0.4, 0.5) is 5.69 Å². The van der Waals surface area contributed by atoms with Gasteiger partial charge in [-0.2, -0.15) is 0 Å². The Labute approximate surface area is 208 Å². The zero-order chi connectivity index (χ0) is 24.1. The minimum absolute atomic E-state index is 0.0166. The highest BCUT2D eigenvalue weighted by Crippen LogP contribution is 2.46. The fourth-order valence-corrected chi connectivity index (χ4v) is 7.57. The highest BCUT2D eigenvalue weighted by molar-refractivity contribution is 6.01. The molecule has 4 fully saturated rings. The zero-order valence-electron chi connectivity index (χ0n) is 20.9. The van der Waals surface area contributed by atoms with Crippen molar-refractivity contribution in [2.24, 2.45) is 17.8 Å². The first-order valence-electron chi connectivity index (χ1n) is 13.3. The third-order valence-corrected chi connectivity index (χ3v) is 9.09. The average Bonchev–Trinajstić information content (AvgIpc) is 3.28. The molecule has 4 heterocycles. The van der Waals surface area contributed by atoms with Gasteiger partial charge in [-0.1, -0.05) is 18.1 Å². The maximum Gasteiger partial charge on any atom is 0.228 e. The lowest BCUT2D eigenvalue weighted by Crippen LogP contribution is -2.60. The number of amides is 2. The summed E-state index contributed by atoms with van der Waals surface area (Å²) < 4.78 is 10.8. The number of ether oxygens (including phenoxy) is 2. The predicted molar refractivity (Wildman–Crippen MR) is 134 cm³/mol. The lowest BCUT2D eigenvalue weighted by Gasteiger charge is -2.55. The topological polar surface area (TPSA) is 62.3 Å². The van der Waals surface area contributed by atoms with Crippen LogP contribution in [0, 0.1) is 17.8 Å². The van der Waals surface area contributed by atoms with Crippen LogP contribution in [0.25, 0.3) is 0 Å². The van der Waals surface area contributed by atoms with Gasteiger partial charge < -0.3 is 19.3 Å². The van der Waals surface area contributed by atoms with Gasteiger partial charge >= 0.3 is 0 Å². The van der Waals surface area contributed by atoms with Gasteiger partial charge in [0, 0.05) is 38.2 Å². The van der Waals surface area contributed by atoms with Crippen LogP contribution in [0.2, 0.25) is 0 Å². The number of anilines is 1. The van der Waals surface area contributed by atoms with Crippen molar-refractivity contribution in [3.63, 3.8) is 0 Å². The number of piperidine rings is 3. The van der Waals surface area contributed by atoms with E-state index in [2.05, 4.69) is 15.9 Å². The lowest BCUT2D eigenvalue weighted by molar-refractivity contribution is -0.140. The predicted octanol–water partition coefficient (Wildman–Crippen LogP) is 3.48. The average molecular weight is 480 g/mol. The van der Waals surface area contributed by atoms with Crippen molar-refractivity contribution in [2.75, 3.05) is 45.3 Å². The molecule has 6 rings (SSSR count). The van der Waals surface area contributed by atoms with E-state index in [1.165, 1.54) is 37.8 Å². The number of carbonyl (C=O) groups is 2. The molecule has 0 radical (unpaired) electrons. The van der Waals surface area contributed by atoms with Crippen LogP contribution in [0.3, 0.4) is 0 Å². The molecule has 1 aliphatic carbocycles. The summed E-state index contributed by atoms with van der Waals surface area (Å²) in [4.78, 5) is 33.6. The Morgan fingerprint density at radius 2 is 1.94 bits per heavy atom. The molecule has 5 atom stereocenters. The smallest absolute Gasteiger partial charge is 0.228 e. The second-order valence-corrected chi connectivity index (χ2v) is 11.0. The second-order valence-electron chi connectivity index (χ2n) is 11.0. The van der Waals surface area contributed by atoms with Gasteiger partial charge in [0.2, 0.25) is 11.8 Å². The molecule has 0 aromatic heterocycles. The van der Waals surface area contributed by atoms with Crippen molar-refractivity contribution in [1.29, 1.82) is 0 Å². The summed E-state index contributed by atoms with van der Waals surface area (Å²) in [5.74, 6) is 2.27. The molecule has 7 heteroatoms. The van der Waals surface area contributed by atoms with Gasteiger partial charge in [-0.15, -0.1) is 0 Å². The molecule has 1 aromatic carbocycles. The van der Waals surface area contributed by atoms with Crippen molar-refractivity contribution in [3.8, 4) is 11.5 Å². The van der Waals surface area contributed by atoms with Crippen molar-refractivity contribution in [2.45, 2.75) is 57.0 Å². The van der Waals surface area contributed by atoms with Crippen LogP contribution in [-0.2, 0) is 9.59 Å². The maximum absolute atomic E-state index is 13.9. The zero-order valence-corrected chi connectivity index (χ0v) is 20.9. The van der Waals surface area contributed by atoms with E-state index in [4.69, 9.17) is 9.47 Å². The van der Waals surface area contributed by atoms with Crippen LogP contribution in [0.15, 0.2) is 29.8 Å². The molecule has 1 aromatic rings. The fraction of sp³-hybridized carbons (Fsp3) is 0.643. The standard InChI is InChI=1S/C28H37N3O4/c1-34-22-8-9-24(25(15-22)35-2)31-17-21(14-26(31)32)28(33)30-11-5-6-18-12-19-13-20(27(18)30)16-29-10-4-3-7-23(19)29/h8-9,12,15,19-21,23,27H,3-7,10-11,13-14,16-17H2,1-2H3/t19-,20-,21?,23+,27+/m0/s1. The van der Waals surface area contributed by atoms with E-state index in [1.54, 1.807) is 25.2 Å². The van der Waals surface area contributed by atoms with Gasteiger partial charge in [0.05, 0.1) is 31.9 Å². The summed E-state index contributed by atoms with van der Waals surface area (Å²) in [5.41, 5.74) is 2.20. The second kappa shape index (κ2) is 9.16. The Balaban J connectivity index is 1.22. The summed E-state index contributed by atoms with van der Waals surface area (Å²) in [6, 6.07) is 6.39. The van der Waals surface area contributed by atoms with Crippen molar-refractivity contribution < 1.29 is 19.1 Å². The van der Waals surface area contributed by atoms with E-state index in [9.17, 15) is 9.59 Å². The molecular weight excluding hydrogens is 442 g/mol. The van der Waals surface area contributed by atoms with E-state index in [1.807, 2.05) is 12.1 Å². The van der Waals surface area contributed by atoms with Crippen LogP contribution in [-0.4, -0.2) is 74.1 Å². The van der Waals surface area contributed by atoms with Crippen LogP contribution >= 0.6 is 0 Å². The number of fused-ring (bicyclic) bond motifs is 6. The summed E-state index contributed by atoms with van der Waals surface area (Å²) in [7, 11) is 3.20. The molecule has 4 aliphatic heterocycles. The number of rotatable bonds is 4. The molecular formula is C28H37N3O4. The van der Waals surface area contributed by atoms with E-state index >= 15 is 0 Å². The third-order valence-electron chi connectivity index (χ3n) is 9.09. The van der Waals surface area contributed by atoms with E-state index in [-0.39, 0.29) is 30.2 Å². The fourth-order valence-electron chi connectivity index (χ4n) is 7.57. The summed E-state index contributed by atoms with van der Waals surface area (Å²) in [6.45, 7) is 3.54.